The first-order chi connectivity index (χ1) is 9.11. The average Bonchev–Trinajstić information content (AvgIpc) is 2.84. The fourth-order valence-electron chi connectivity index (χ4n) is 1.64. The molecule has 0 aliphatic rings. The van der Waals surface area contributed by atoms with Crippen LogP contribution in [0.15, 0.2) is 28.9 Å². The van der Waals surface area contributed by atoms with E-state index in [9.17, 15) is 0 Å². The summed E-state index contributed by atoms with van der Waals surface area (Å²) in [5.74, 6) is 0. The zero-order valence-corrected chi connectivity index (χ0v) is 12.3. The highest BCUT2D eigenvalue weighted by atomic mass is 79.9. The van der Waals surface area contributed by atoms with Gasteiger partial charge in [0.2, 0.25) is 0 Å². The Hall–Kier alpha value is -1.71. The van der Waals surface area contributed by atoms with E-state index >= 15 is 0 Å². The molecule has 6 heteroatoms. The fourth-order valence-corrected chi connectivity index (χ4v) is 2.18. The maximum atomic E-state index is 8.87. The second-order valence-corrected chi connectivity index (χ2v) is 5.31. The number of nitriles is 1. The van der Waals surface area contributed by atoms with E-state index in [1.807, 2.05) is 6.07 Å². The lowest BCUT2D eigenvalue weighted by molar-refractivity contribution is 0.570. The quantitative estimate of drug-likeness (QED) is 0.939. The lowest BCUT2D eigenvalue weighted by Crippen LogP contribution is -2.23. The van der Waals surface area contributed by atoms with Gasteiger partial charge in [0.15, 0.2) is 0 Å². The van der Waals surface area contributed by atoms with Crippen molar-refractivity contribution in [1.29, 1.82) is 5.26 Å². The van der Waals surface area contributed by atoms with E-state index in [0.29, 0.717) is 18.2 Å². The van der Waals surface area contributed by atoms with Gasteiger partial charge in [0.1, 0.15) is 0 Å². The van der Waals surface area contributed by atoms with Gasteiger partial charge in [-0.3, -0.25) is 0 Å². The third kappa shape index (κ3) is 3.19. The minimum absolute atomic E-state index is 0.396. The van der Waals surface area contributed by atoms with Gasteiger partial charge < -0.3 is 5.32 Å². The molecule has 0 atom stereocenters. The second-order valence-electron chi connectivity index (χ2n) is 4.45. The van der Waals surface area contributed by atoms with Crippen molar-refractivity contribution in [3.8, 4) is 11.8 Å². The molecule has 1 heterocycles. The zero-order valence-electron chi connectivity index (χ0n) is 10.8. The number of nitrogens with one attached hydrogen (secondary N) is 1. The SMILES string of the molecule is CC(C)NCc1cnnn1-c1ccc(C#N)cc1Br. The normalized spacial score (nSPS) is 10.7. The summed E-state index contributed by atoms with van der Waals surface area (Å²) in [4.78, 5) is 0. The van der Waals surface area contributed by atoms with Crippen LogP contribution in [0, 0.1) is 11.3 Å². The molecule has 0 spiro atoms. The first-order valence-electron chi connectivity index (χ1n) is 5.95. The van der Waals surface area contributed by atoms with Crippen molar-refractivity contribution in [2.75, 3.05) is 0 Å². The maximum absolute atomic E-state index is 8.87. The molecule has 0 aliphatic heterocycles. The van der Waals surface area contributed by atoms with Crippen molar-refractivity contribution in [1.82, 2.24) is 20.3 Å². The first-order valence-corrected chi connectivity index (χ1v) is 6.74. The van der Waals surface area contributed by atoms with E-state index in [4.69, 9.17) is 5.26 Å². The molecule has 0 amide bonds. The molecule has 19 heavy (non-hydrogen) atoms. The molecule has 0 aliphatic carbocycles. The van der Waals surface area contributed by atoms with Crippen molar-refractivity contribution in [2.45, 2.75) is 26.4 Å². The largest absolute Gasteiger partial charge is 0.309 e. The summed E-state index contributed by atoms with van der Waals surface area (Å²) in [6, 6.07) is 7.90. The summed E-state index contributed by atoms with van der Waals surface area (Å²) >= 11 is 3.46. The van der Waals surface area contributed by atoms with Gasteiger partial charge in [-0.1, -0.05) is 19.1 Å². The molecule has 1 aromatic heterocycles. The molecule has 5 nitrogen and oxygen atoms in total. The van der Waals surface area contributed by atoms with E-state index in [-0.39, 0.29) is 0 Å². The van der Waals surface area contributed by atoms with Crippen LogP contribution in [-0.4, -0.2) is 21.0 Å². The first kappa shape index (κ1) is 13.7. The average molecular weight is 320 g/mol. The highest BCUT2D eigenvalue weighted by Gasteiger charge is 2.10. The fraction of sp³-hybridized carbons (Fsp3) is 0.308. The molecule has 0 saturated heterocycles. The summed E-state index contributed by atoms with van der Waals surface area (Å²) in [5, 5.41) is 20.2. The number of hydrogen-bond acceptors (Lipinski definition) is 4. The molecule has 2 rings (SSSR count). The van der Waals surface area contributed by atoms with Crippen LogP contribution in [0.1, 0.15) is 25.1 Å². The van der Waals surface area contributed by atoms with E-state index in [0.717, 1.165) is 15.9 Å². The van der Waals surface area contributed by atoms with Crippen LogP contribution in [0.25, 0.3) is 5.69 Å². The molecule has 98 valence electrons. The van der Waals surface area contributed by atoms with Crippen molar-refractivity contribution in [2.24, 2.45) is 0 Å². The van der Waals surface area contributed by atoms with E-state index in [1.165, 1.54) is 0 Å². The van der Waals surface area contributed by atoms with Crippen LogP contribution in [0.3, 0.4) is 0 Å². The Kier molecular flexibility index (Phi) is 4.30. The summed E-state index contributed by atoms with van der Waals surface area (Å²) in [6.45, 7) is 4.87. The zero-order chi connectivity index (χ0) is 13.8. The minimum atomic E-state index is 0.396. The Labute approximate surface area is 120 Å². The maximum Gasteiger partial charge on any atom is 0.0992 e. The van der Waals surface area contributed by atoms with Gasteiger partial charge in [0.25, 0.3) is 0 Å². The summed E-state index contributed by atoms with van der Waals surface area (Å²) < 4.78 is 2.59. The lowest BCUT2D eigenvalue weighted by Gasteiger charge is -2.11. The Morgan fingerprint density at radius 2 is 2.26 bits per heavy atom. The van der Waals surface area contributed by atoms with Gasteiger partial charge in [-0.15, -0.1) is 5.10 Å². The van der Waals surface area contributed by atoms with Crippen molar-refractivity contribution in [3.05, 3.63) is 40.1 Å². The Morgan fingerprint density at radius 3 is 2.89 bits per heavy atom. The number of nitrogens with zero attached hydrogens (tertiary/aromatic N) is 4. The minimum Gasteiger partial charge on any atom is -0.309 e. The molecule has 0 bridgehead atoms. The monoisotopic (exact) mass is 319 g/mol. The molecular formula is C13H14BrN5. The standard InChI is InChI=1S/C13H14BrN5/c1-9(2)16-7-11-8-17-18-19(11)13-4-3-10(6-15)5-12(13)14/h3-5,8-9,16H,7H2,1-2H3. The molecular weight excluding hydrogens is 306 g/mol. The smallest absolute Gasteiger partial charge is 0.0992 e. The third-order valence-corrected chi connectivity index (χ3v) is 3.25. The number of aromatic nitrogens is 3. The molecule has 0 saturated carbocycles. The summed E-state index contributed by atoms with van der Waals surface area (Å²) in [6.07, 6.45) is 1.74. The van der Waals surface area contributed by atoms with Crippen molar-refractivity contribution in [3.63, 3.8) is 0 Å². The molecule has 2 aromatic rings. The van der Waals surface area contributed by atoms with Gasteiger partial charge in [0.05, 0.1) is 29.2 Å². The highest BCUT2D eigenvalue weighted by Crippen LogP contribution is 2.22. The van der Waals surface area contributed by atoms with E-state index in [1.54, 1.807) is 23.0 Å². The van der Waals surface area contributed by atoms with Gasteiger partial charge in [-0.2, -0.15) is 5.26 Å². The van der Waals surface area contributed by atoms with Gasteiger partial charge in [-0.25, -0.2) is 4.68 Å². The van der Waals surface area contributed by atoms with Gasteiger partial charge in [0, 0.05) is 17.1 Å². The number of hydrogen-bond donors (Lipinski definition) is 1. The predicted octanol–water partition coefficient (Wildman–Crippen LogP) is 2.40. The van der Waals surface area contributed by atoms with E-state index in [2.05, 4.69) is 51.5 Å². The molecule has 0 fully saturated rings. The van der Waals surface area contributed by atoms with Gasteiger partial charge in [-0.05, 0) is 34.1 Å². The third-order valence-electron chi connectivity index (χ3n) is 2.62. The highest BCUT2D eigenvalue weighted by molar-refractivity contribution is 9.10. The number of benzene rings is 1. The topological polar surface area (TPSA) is 66.5 Å². The van der Waals surface area contributed by atoms with Crippen molar-refractivity contribution < 1.29 is 0 Å². The van der Waals surface area contributed by atoms with Crippen LogP contribution < -0.4 is 5.32 Å². The molecule has 0 unspecified atom stereocenters. The second kappa shape index (κ2) is 5.95. The summed E-state index contributed by atoms with van der Waals surface area (Å²) in [5.41, 5.74) is 2.45. The summed E-state index contributed by atoms with van der Waals surface area (Å²) in [7, 11) is 0. The van der Waals surface area contributed by atoms with Crippen LogP contribution in [-0.2, 0) is 6.54 Å². The van der Waals surface area contributed by atoms with E-state index < -0.39 is 0 Å². The Bertz CT molecular complexity index is 612. The number of halogens is 1. The predicted molar refractivity (Wildman–Crippen MR) is 75.7 cm³/mol. The molecule has 0 radical (unpaired) electrons. The van der Waals surface area contributed by atoms with Gasteiger partial charge >= 0.3 is 0 Å². The van der Waals surface area contributed by atoms with Crippen LogP contribution in [0.2, 0.25) is 0 Å². The van der Waals surface area contributed by atoms with Crippen LogP contribution in [0.4, 0.5) is 0 Å². The van der Waals surface area contributed by atoms with Crippen LogP contribution >= 0.6 is 15.9 Å². The van der Waals surface area contributed by atoms with Crippen molar-refractivity contribution >= 4 is 15.9 Å². The van der Waals surface area contributed by atoms with Crippen LogP contribution in [0.5, 0.6) is 0 Å². The molecule has 1 aromatic carbocycles. The lowest BCUT2D eigenvalue weighted by atomic mass is 10.2. The Balaban J connectivity index is 2.32. The number of rotatable bonds is 4. The molecule has 1 N–H and O–H groups in total. The Morgan fingerprint density at radius 1 is 1.47 bits per heavy atom.